The molecule has 0 aromatic carbocycles. The van der Waals surface area contributed by atoms with Gasteiger partial charge in [-0.3, -0.25) is 4.79 Å². The van der Waals surface area contributed by atoms with Gasteiger partial charge in [0.2, 0.25) is 11.9 Å². The number of nitrogens with one attached hydrogen (secondary N) is 1. The molecule has 0 fully saturated rings. The predicted octanol–water partition coefficient (Wildman–Crippen LogP) is 2.31. The summed E-state index contributed by atoms with van der Waals surface area (Å²) < 4.78 is 12.8. The molecular weight excluding hydrogens is 233 g/mol. The van der Waals surface area contributed by atoms with Crippen LogP contribution in [-0.4, -0.2) is 16.9 Å². The van der Waals surface area contributed by atoms with E-state index in [9.17, 15) is 9.18 Å². The molecule has 1 aromatic rings. The molecule has 0 radical (unpaired) electrons. The summed E-state index contributed by atoms with van der Waals surface area (Å²) in [6.45, 7) is 3.79. The van der Waals surface area contributed by atoms with E-state index in [1.54, 1.807) is 6.07 Å². The van der Waals surface area contributed by atoms with E-state index in [2.05, 4.69) is 10.3 Å². The third-order valence-corrected chi connectivity index (χ3v) is 2.71. The van der Waals surface area contributed by atoms with Crippen LogP contribution >= 0.6 is 0 Å². The Labute approximate surface area is 107 Å². The van der Waals surface area contributed by atoms with Crippen molar-refractivity contribution in [1.29, 1.82) is 0 Å². The Balaban J connectivity index is 2.40. The number of aromatic nitrogens is 1. The molecule has 4 nitrogen and oxygen atoms in total. The van der Waals surface area contributed by atoms with Crippen LogP contribution in [0.1, 0.15) is 33.1 Å². The Bertz CT molecular complexity index is 396. The number of anilines is 1. The van der Waals surface area contributed by atoms with Gasteiger partial charge in [0.1, 0.15) is 5.82 Å². The van der Waals surface area contributed by atoms with E-state index in [0.29, 0.717) is 0 Å². The lowest BCUT2D eigenvalue weighted by atomic mass is 10.0. The van der Waals surface area contributed by atoms with Gasteiger partial charge in [0, 0.05) is 12.0 Å². The van der Waals surface area contributed by atoms with Crippen LogP contribution in [0.15, 0.2) is 18.2 Å². The highest BCUT2D eigenvalue weighted by Crippen LogP contribution is 2.12. The van der Waals surface area contributed by atoms with E-state index >= 15 is 0 Å². The first-order valence-electron chi connectivity index (χ1n) is 6.18. The average Bonchev–Trinajstić information content (AvgIpc) is 2.28. The van der Waals surface area contributed by atoms with Crippen LogP contribution in [0.25, 0.3) is 0 Å². The van der Waals surface area contributed by atoms with Crippen LogP contribution in [0.2, 0.25) is 0 Å². The van der Waals surface area contributed by atoms with Gasteiger partial charge in [0.25, 0.3) is 0 Å². The molecule has 18 heavy (non-hydrogen) atoms. The molecule has 0 aliphatic heterocycles. The zero-order chi connectivity index (χ0) is 13.5. The second-order valence-electron chi connectivity index (χ2n) is 4.64. The average molecular weight is 253 g/mol. The number of hydrogen-bond acceptors (Lipinski definition) is 3. The number of rotatable bonds is 6. The fourth-order valence-electron chi connectivity index (χ4n) is 1.60. The highest BCUT2D eigenvalue weighted by atomic mass is 19.1. The fourth-order valence-corrected chi connectivity index (χ4v) is 1.60. The Morgan fingerprint density at radius 3 is 2.78 bits per heavy atom. The monoisotopic (exact) mass is 253 g/mol. The van der Waals surface area contributed by atoms with Gasteiger partial charge >= 0.3 is 0 Å². The van der Waals surface area contributed by atoms with E-state index in [-0.39, 0.29) is 23.7 Å². The molecule has 1 heterocycles. The zero-order valence-electron chi connectivity index (χ0n) is 10.8. The lowest BCUT2D eigenvalue weighted by Gasteiger charge is -2.12. The lowest BCUT2D eigenvalue weighted by molar-refractivity contribution is -0.119. The SMILES string of the molecule is CC(N)CCCC(C)C(=O)Nc1cccc(F)n1. The summed E-state index contributed by atoms with van der Waals surface area (Å²) in [6.07, 6.45) is 2.57. The molecule has 1 aromatic heterocycles. The van der Waals surface area contributed by atoms with Gasteiger partial charge in [-0.15, -0.1) is 0 Å². The van der Waals surface area contributed by atoms with Crippen molar-refractivity contribution in [2.24, 2.45) is 11.7 Å². The summed E-state index contributed by atoms with van der Waals surface area (Å²) in [5.41, 5.74) is 5.64. The van der Waals surface area contributed by atoms with Gasteiger partial charge in [-0.05, 0) is 31.9 Å². The number of nitrogens with two attached hydrogens (primary N) is 1. The number of nitrogens with zero attached hydrogens (tertiary/aromatic N) is 1. The van der Waals surface area contributed by atoms with Crippen LogP contribution in [0.3, 0.4) is 0 Å². The predicted molar refractivity (Wildman–Crippen MR) is 69.5 cm³/mol. The molecule has 0 spiro atoms. The number of amides is 1. The summed E-state index contributed by atoms with van der Waals surface area (Å²) in [6, 6.07) is 4.47. The normalized spacial score (nSPS) is 14.0. The molecule has 100 valence electrons. The maximum Gasteiger partial charge on any atom is 0.228 e. The van der Waals surface area contributed by atoms with Gasteiger partial charge in [0.15, 0.2) is 0 Å². The second-order valence-corrected chi connectivity index (χ2v) is 4.64. The topological polar surface area (TPSA) is 68.0 Å². The smallest absolute Gasteiger partial charge is 0.228 e. The van der Waals surface area contributed by atoms with Crippen LogP contribution in [0.5, 0.6) is 0 Å². The second kappa shape index (κ2) is 7.06. The van der Waals surface area contributed by atoms with Crippen molar-refractivity contribution >= 4 is 11.7 Å². The van der Waals surface area contributed by atoms with Crippen molar-refractivity contribution < 1.29 is 9.18 Å². The Morgan fingerprint density at radius 2 is 2.17 bits per heavy atom. The lowest BCUT2D eigenvalue weighted by Crippen LogP contribution is -2.22. The highest BCUT2D eigenvalue weighted by Gasteiger charge is 2.13. The molecule has 0 saturated carbocycles. The molecular formula is C13H20FN3O. The van der Waals surface area contributed by atoms with E-state index in [4.69, 9.17) is 5.73 Å². The van der Waals surface area contributed by atoms with Crippen molar-refractivity contribution in [2.45, 2.75) is 39.2 Å². The molecule has 0 aliphatic carbocycles. The van der Waals surface area contributed by atoms with Crippen molar-refractivity contribution in [3.63, 3.8) is 0 Å². The molecule has 2 unspecified atom stereocenters. The van der Waals surface area contributed by atoms with Crippen molar-refractivity contribution in [1.82, 2.24) is 4.98 Å². The highest BCUT2D eigenvalue weighted by molar-refractivity contribution is 5.91. The summed E-state index contributed by atoms with van der Waals surface area (Å²) >= 11 is 0. The van der Waals surface area contributed by atoms with E-state index in [1.165, 1.54) is 12.1 Å². The van der Waals surface area contributed by atoms with Crippen LogP contribution in [0.4, 0.5) is 10.2 Å². The standard InChI is InChI=1S/C13H20FN3O/c1-9(5-3-6-10(2)15)13(18)17-12-8-4-7-11(14)16-12/h4,7-10H,3,5-6,15H2,1-2H3,(H,16,17,18). The summed E-state index contributed by atoms with van der Waals surface area (Å²) in [5, 5.41) is 2.60. The van der Waals surface area contributed by atoms with Gasteiger partial charge in [0.05, 0.1) is 0 Å². The number of hydrogen-bond donors (Lipinski definition) is 2. The summed E-state index contributed by atoms with van der Waals surface area (Å²) in [7, 11) is 0. The molecule has 1 rings (SSSR count). The van der Waals surface area contributed by atoms with Crippen LogP contribution in [-0.2, 0) is 4.79 Å². The summed E-state index contributed by atoms with van der Waals surface area (Å²) in [5.74, 6) is -0.622. The van der Waals surface area contributed by atoms with Gasteiger partial charge in [-0.2, -0.15) is 4.39 Å². The Kier molecular flexibility index (Phi) is 5.71. The molecule has 2 atom stereocenters. The summed E-state index contributed by atoms with van der Waals surface area (Å²) in [4.78, 5) is 15.4. The largest absolute Gasteiger partial charge is 0.328 e. The van der Waals surface area contributed by atoms with Crippen molar-refractivity contribution in [2.75, 3.05) is 5.32 Å². The number of pyridine rings is 1. The third-order valence-electron chi connectivity index (χ3n) is 2.71. The van der Waals surface area contributed by atoms with Crippen molar-refractivity contribution in [3.8, 4) is 0 Å². The first-order valence-corrected chi connectivity index (χ1v) is 6.18. The zero-order valence-corrected chi connectivity index (χ0v) is 10.8. The quantitative estimate of drug-likeness (QED) is 0.764. The molecule has 0 saturated heterocycles. The first-order chi connectivity index (χ1) is 8.49. The molecule has 1 amide bonds. The Hall–Kier alpha value is -1.49. The minimum atomic E-state index is -0.600. The minimum Gasteiger partial charge on any atom is -0.328 e. The maximum atomic E-state index is 12.8. The van der Waals surface area contributed by atoms with Gasteiger partial charge in [-0.25, -0.2) is 4.98 Å². The third kappa shape index (κ3) is 5.23. The molecule has 5 heteroatoms. The minimum absolute atomic E-state index is 0.131. The van der Waals surface area contributed by atoms with E-state index in [0.717, 1.165) is 19.3 Å². The van der Waals surface area contributed by atoms with Crippen LogP contribution < -0.4 is 11.1 Å². The van der Waals surface area contributed by atoms with Crippen molar-refractivity contribution in [3.05, 3.63) is 24.1 Å². The fraction of sp³-hybridized carbons (Fsp3) is 0.538. The maximum absolute atomic E-state index is 12.8. The molecule has 0 bridgehead atoms. The number of carbonyl (C=O) groups is 1. The van der Waals surface area contributed by atoms with Gasteiger partial charge < -0.3 is 11.1 Å². The molecule has 3 N–H and O–H groups in total. The first kappa shape index (κ1) is 14.6. The molecule has 0 aliphatic rings. The Morgan fingerprint density at radius 1 is 1.44 bits per heavy atom. The van der Waals surface area contributed by atoms with Crippen LogP contribution in [0, 0.1) is 11.9 Å². The van der Waals surface area contributed by atoms with Gasteiger partial charge in [-0.1, -0.05) is 19.4 Å². The number of halogens is 1. The number of carbonyl (C=O) groups excluding carboxylic acids is 1. The van der Waals surface area contributed by atoms with E-state index < -0.39 is 5.95 Å². The van der Waals surface area contributed by atoms with E-state index in [1.807, 2.05) is 13.8 Å².